The van der Waals surface area contributed by atoms with Gasteiger partial charge in [0.25, 0.3) is 0 Å². The van der Waals surface area contributed by atoms with Crippen molar-refractivity contribution in [1.82, 2.24) is 5.32 Å². The molecule has 0 aliphatic heterocycles. The molecule has 1 aromatic rings. The van der Waals surface area contributed by atoms with E-state index in [1.165, 1.54) is 0 Å². The lowest BCUT2D eigenvalue weighted by Crippen LogP contribution is -2.51. The minimum Gasteiger partial charge on any atom is -0.497 e. The maximum absolute atomic E-state index is 11.9. The van der Waals surface area contributed by atoms with Gasteiger partial charge in [-0.05, 0) is 31.0 Å². The molecule has 1 atom stereocenters. The zero-order valence-corrected chi connectivity index (χ0v) is 12.5. The summed E-state index contributed by atoms with van der Waals surface area (Å²) >= 11 is 0. The molecule has 0 aliphatic carbocycles. The summed E-state index contributed by atoms with van der Waals surface area (Å²) in [5.74, 6) is 0.694. The van der Waals surface area contributed by atoms with E-state index in [0.29, 0.717) is 13.0 Å². The molecule has 1 unspecified atom stereocenters. The van der Waals surface area contributed by atoms with Crippen LogP contribution in [0, 0.1) is 0 Å². The topological polar surface area (TPSA) is 64.4 Å². The Kier molecular flexibility index (Phi) is 7.49. The van der Waals surface area contributed by atoms with E-state index >= 15 is 0 Å². The number of rotatable bonds is 6. The standard InChI is InChI=1S/C14H22N2O2.ClH/c1-4-9-14(2,15)13(17)16-10-11-5-7-12(18-3)8-6-11;/h5-8H,4,9-10,15H2,1-3H3,(H,16,17);1H. The number of ether oxygens (including phenoxy) is 1. The molecule has 1 rings (SSSR count). The van der Waals surface area contributed by atoms with Crippen LogP contribution < -0.4 is 15.8 Å². The first kappa shape index (κ1) is 17.7. The molecule has 4 nitrogen and oxygen atoms in total. The molecule has 1 aromatic carbocycles. The highest BCUT2D eigenvalue weighted by Gasteiger charge is 2.26. The zero-order chi connectivity index (χ0) is 13.6. The highest BCUT2D eigenvalue weighted by molar-refractivity contribution is 5.85. The van der Waals surface area contributed by atoms with Crippen LogP contribution in [0.25, 0.3) is 0 Å². The summed E-state index contributed by atoms with van der Waals surface area (Å²) < 4.78 is 5.07. The highest BCUT2D eigenvalue weighted by Crippen LogP contribution is 2.12. The highest BCUT2D eigenvalue weighted by atomic mass is 35.5. The normalized spacial score (nSPS) is 13.1. The van der Waals surface area contributed by atoms with Crippen LogP contribution >= 0.6 is 12.4 Å². The lowest BCUT2D eigenvalue weighted by atomic mass is 9.96. The lowest BCUT2D eigenvalue weighted by molar-refractivity contribution is -0.126. The molecule has 19 heavy (non-hydrogen) atoms. The molecule has 0 saturated heterocycles. The third-order valence-corrected chi connectivity index (χ3v) is 2.90. The Morgan fingerprint density at radius 3 is 2.42 bits per heavy atom. The van der Waals surface area contributed by atoms with Crippen molar-refractivity contribution in [1.29, 1.82) is 0 Å². The Morgan fingerprint density at radius 2 is 1.95 bits per heavy atom. The second-order valence-corrected chi connectivity index (χ2v) is 4.70. The molecule has 3 N–H and O–H groups in total. The Labute approximate surface area is 121 Å². The van der Waals surface area contributed by atoms with Gasteiger partial charge in [0.2, 0.25) is 5.91 Å². The summed E-state index contributed by atoms with van der Waals surface area (Å²) in [6.45, 7) is 4.26. The summed E-state index contributed by atoms with van der Waals surface area (Å²) in [6, 6.07) is 7.59. The average Bonchev–Trinajstić information content (AvgIpc) is 2.36. The predicted octanol–water partition coefficient (Wildman–Crippen LogP) is 2.25. The van der Waals surface area contributed by atoms with Gasteiger partial charge in [-0.1, -0.05) is 25.5 Å². The van der Waals surface area contributed by atoms with Gasteiger partial charge in [0.15, 0.2) is 0 Å². The summed E-state index contributed by atoms with van der Waals surface area (Å²) in [5, 5.41) is 2.86. The van der Waals surface area contributed by atoms with E-state index in [9.17, 15) is 4.79 Å². The summed E-state index contributed by atoms with van der Waals surface area (Å²) in [5.41, 5.74) is 6.18. The van der Waals surface area contributed by atoms with E-state index in [1.54, 1.807) is 14.0 Å². The van der Waals surface area contributed by atoms with Gasteiger partial charge in [0, 0.05) is 6.54 Å². The molecular formula is C14H23ClN2O2. The minimum atomic E-state index is -0.790. The summed E-state index contributed by atoms with van der Waals surface area (Å²) in [4.78, 5) is 11.9. The Balaban J connectivity index is 0.00000324. The van der Waals surface area contributed by atoms with Crippen molar-refractivity contribution < 1.29 is 9.53 Å². The van der Waals surface area contributed by atoms with E-state index in [1.807, 2.05) is 31.2 Å². The van der Waals surface area contributed by atoms with Gasteiger partial charge in [0.05, 0.1) is 12.6 Å². The number of hydrogen-bond donors (Lipinski definition) is 2. The van der Waals surface area contributed by atoms with Crippen LogP contribution in [0.4, 0.5) is 0 Å². The zero-order valence-electron chi connectivity index (χ0n) is 11.7. The first-order valence-electron chi connectivity index (χ1n) is 6.19. The van der Waals surface area contributed by atoms with Gasteiger partial charge >= 0.3 is 0 Å². The number of carbonyl (C=O) groups excluding carboxylic acids is 1. The minimum absolute atomic E-state index is 0. The number of nitrogens with one attached hydrogen (secondary N) is 1. The molecule has 0 spiro atoms. The number of halogens is 1. The summed E-state index contributed by atoms with van der Waals surface area (Å²) in [6.07, 6.45) is 1.57. The van der Waals surface area contributed by atoms with Crippen LogP contribution in [-0.2, 0) is 11.3 Å². The Bertz CT molecular complexity index is 391. The Morgan fingerprint density at radius 1 is 1.37 bits per heavy atom. The average molecular weight is 287 g/mol. The maximum atomic E-state index is 11.9. The van der Waals surface area contributed by atoms with Gasteiger partial charge in [0.1, 0.15) is 5.75 Å². The van der Waals surface area contributed by atoms with Gasteiger partial charge in [-0.3, -0.25) is 4.79 Å². The fourth-order valence-electron chi connectivity index (χ4n) is 1.76. The van der Waals surface area contributed by atoms with Crippen LogP contribution in [-0.4, -0.2) is 18.6 Å². The molecule has 0 aliphatic rings. The first-order chi connectivity index (χ1) is 8.49. The number of hydrogen-bond acceptors (Lipinski definition) is 3. The number of carbonyl (C=O) groups is 1. The third kappa shape index (κ3) is 5.49. The van der Waals surface area contributed by atoms with Crippen LogP contribution in [0.2, 0.25) is 0 Å². The van der Waals surface area contributed by atoms with E-state index in [-0.39, 0.29) is 18.3 Å². The van der Waals surface area contributed by atoms with Gasteiger partial charge in [-0.25, -0.2) is 0 Å². The van der Waals surface area contributed by atoms with Crippen molar-refractivity contribution in [2.24, 2.45) is 5.73 Å². The number of methoxy groups -OCH3 is 1. The fourth-order valence-corrected chi connectivity index (χ4v) is 1.76. The van der Waals surface area contributed by atoms with E-state index < -0.39 is 5.54 Å². The Hall–Kier alpha value is -1.26. The molecule has 0 heterocycles. The lowest BCUT2D eigenvalue weighted by Gasteiger charge is -2.22. The first-order valence-corrected chi connectivity index (χ1v) is 6.19. The van der Waals surface area contributed by atoms with E-state index in [2.05, 4.69) is 5.32 Å². The number of amides is 1. The molecule has 0 radical (unpaired) electrons. The summed E-state index contributed by atoms with van der Waals surface area (Å²) in [7, 11) is 1.63. The molecule has 108 valence electrons. The molecule has 5 heteroatoms. The van der Waals surface area contributed by atoms with Crippen molar-refractivity contribution in [3.05, 3.63) is 29.8 Å². The molecule has 1 amide bonds. The second kappa shape index (κ2) is 8.02. The molecular weight excluding hydrogens is 264 g/mol. The number of benzene rings is 1. The third-order valence-electron chi connectivity index (χ3n) is 2.90. The molecule has 0 saturated carbocycles. The predicted molar refractivity (Wildman–Crippen MR) is 79.6 cm³/mol. The van der Waals surface area contributed by atoms with Crippen LogP contribution in [0.3, 0.4) is 0 Å². The largest absolute Gasteiger partial charge is 0.497 e. The van der Waals surface area contributed by atoms with E-state index in [4.69, 9.17) is 10.5 Å². The molecule has 0 bridgehead atoms. The van der Waals surface area contributed by atoms with Crippen LogP contribution in [0.1, 0.15) is 32.3 Å². The van der Waals surface area contributed by atoms with Crippen molar-refractivity contribution in [2.75, 3.05) is 7.11 Å². The second-order valence-electron chi connectivity index (χ2n) is 4.70. The maximum Gasteiger partial charge on any atom is 0.240 e. The van der Waals surface area contributed by atoms with Gasteiger partial charge < -0.3 is 15.8 Å². The molecule has 0 aromatic heterocycles. The van der Waals surface area contributed by atoms with Crippen LogP contribution in [0.15, 0.2) is 24.3 Å². The van der Waals surface area contributed by atoms with Gasteiger partial charge in [-0.15, -0.1) is 12.4 Å². The fraction of sp³-hybridized carbons (Fsp3) is 0.500. The molecule has 0 fully saturated rings. The SMILES string of the molecule is CCCC(C)(N)C(=O)NCc1ccc(OC)cc1.Cl. The number of nitrogens with two attached hydrogens (primary N) is 1. The van der Waals surface area contributed by atoms with Crippen LogP contribution in [0.5, 0.6) is 5.75 Å². The monoisotopic (exact) mass is 286 g/mol. The smallest absolute Gasteiger partial charge is 0.240 e. The van der Waals surface area contributed by atoms with Crippen molar-refractivity contribution in [2.45, 2.75) is 38.8 Å². The van der Waals surface area contributed by atoms with Crippen molar-refractivity contribution >= 4 is 18.3 Å². The van der Waals surface area contributed by atoms with Gasteiger partial charge in [-0.2, -0.15) is 0 Å². The van der Waals surface area contributed by atoms with Crippen molar-refractivity contribution in [3.63, 3.8) is 0 Å². The van der Waals surface area contributed by atoms with E-state index in [0.717, 1.165) is 17.7 Å². The van der Waals surface area contributed by atoms with Crippen molar-refractivity contribution in [3.8, 4) is 5.75 Å². The quantitative estimate of drug-likeness (QED) is 0.843.